The maximum atomic E-state index is 11.9. The lowest BCUT2D eigenvalue weighted by Crippen LogP contribution is -2.43. The van der Waals surface area contributed by atoms with Crippen molar-refractivity contribution in [1.29, 1.82) is 0 Å². The smallest absolute Gasteiger partial charge is 0.144 e. The van der Waals surface area contributed by atoms with Crippen molar-refractivity contribution in [2.45, 2.75) is 17.0 Å². The summed E-state index contributed by atoms with van der Waals surface area (Å²) < 4.78 is 5.89. The summed E-state index contributed by atoms with van der Waals surface area (Å²) in [6.45, 7) is 0. The first kappa shape index (κ1) is 7.18. The van der Waals surface area contributed by atoms with Gasteiger partial charge in [0.05, 0.1) is 23.0 Å². The molecule has 3 heteroatoms. The summed E-state index contributed by atoms with van der Waals surface area (Å²) in [4.78, 5) is 12.2. The van der Waals surface area contributed by atoms with Crippen LogP contribution in [0.1, 0.15) is 0 Å². The predicted octanol–water partition coefficient (Wildman–Crippen LogP) is 1.15. The number of carbonyl (C=O) groups is 1. The second-order valence-electron chi connectivity index (χ2n) is 4.50. The maximum absolute atomic E-state index is 11.9. The van der Waals surface area contributed by atoms with Gasteiger partial charge in [0.1, 0.15) is 5.78 Å². The molecule has 2 aliphatic heterocycles. The molecular weight excluding hydrogens is 232 g/mol. The van der Waals surface area contributed by atoms with Crippen LogP contribution >= 0.6 is 15.9 Å². The van der Waals surface area contributed by atoms with Crippen LogP contribution in [0.4, 0.5) is 0 Å². The third-order valence-corrected chi connectivity index (χ3v) is 5.22. The van der Waals surface area contributed by atoms with E-state index in [0.717, 1.165) is 0 Å². The van der Waals surface area contributed by atoms with Crippen LogP contribution in [0.5, 0.6) is 0 Å². The fourth-order valence-electron chi connectivity index (χ4n) is 3.66. The van der Waals surface area contributed by atoms with Gasteiger partial charge in [0.15, 0.2) is 0 Å². The zero-order chi connectivity index (χ0) is 8.74. The molecule has 5 aliphatic rings. The van der Waals surface area contributed by atoms with E-state index in [2.05, 4.69) is 28.1 Å². The van der Waals surface area contributed by atoms with E-state index >= 15 is 0 Å². The molecule has 2 nitrogen and oxygen atoms in total. The van der Waals surface area contributed by atoms with E-state index in [0.29, 0.717) is 17.6 Å². The van der Waals surface area contributed by atoms with Crippen molar-refractivity contribution >= 4 is 21.7 Å². The minimum absolute atomic E-state index is 0.154. The van der Waals surface area contributed by atoms with Gasteiger partial charge in [-0.1, -0.05) is 28.1 Å². The fraction of sp³-hybridized carbons (Fsp3) is 0.700. The van der Waals surface area contributed by atoms with Crippen molar-refractivity contribution in [3.8, 4) is 0 Å². The Morgan fingerprint density at radius 3 is 2.62 bits per heavy atom. The average Bonchev–Trinajstić information content (AvgIpc) is 2.62. The number of hydrogen-bond donors (Lipinski definition) is 0. The molecule has 68 valence electrons. The lowest BCUT2D eigenvalue weighted by molar-refractivity contribution is -0.128. The molecule has 0 aromatic rings. The number of carbonyl (C=O) groups excluding carboxylic acids is 1. The van der Waals surface area contributed by atoms with Gasteiger partial charge in [-0.05, 0) is 0 Å². The minimum atomic E-state index is 0.154. The third kappa shape index (κ3) is 0.572. The van der Waals surface area contributed by atoms with E-state index in [1.807, 2.05) is 0 Å². The van der Waals surface area contributed by atoms with Crippen molar-refractivity contribution in [3.05, 3.63) is 12.2 Å². The Balaban J connectivity index is 1.97. The van der Waals surface area contributed by atoms with Crippen molar-refractivity contribution in [2.75, 3.05) is 0 Å². The molecule has 4 fully saturated rings. The molecule has 0 radical (unpaired) electrons. The highest BCUT2D eigenvalue weighted by Gasteiger charge is 2.69. The van der Waals surface area contributed by atoms with Crippen LogP contribution in [-0.4, -0.2) is 22.8 Å². The van der Waals surface area contributed by atoms with Crippen molar-refractivity contribution in [1.82, 2.24) is 0 Å². The van der Waals surface area contributed by atoms with Crippen LogP contribution in [0.3, 0.4) is 0 Å². The summed E-state index contributed by atoms with van der Waals surface area (Å²) in [5.41, 5.74) is 0. The lowest BCUT2D eigenvalue weighted by atomic mass is 9.78. The Morgan fingerprint density at radius 1 is 1.15 bits per heavy atom. The average molecular weight is 241 g/mol. The van der Waals surface area contributed by atoms with E-state index in [1.165, 1.54) is 0 Å². The van der Waals surface area contributed by atoms with Crippen molar-refractivity contribution in [3.63, 3.8) is 0 Å². The van der Waals surface area contributed by atoms with Gasteiger partial charge in [-0.3, -0.25) is 4.79 Å². The number of ether oxygens (including phenoxy) is 1. The Labute approximate surface area is 84.5 Å². The van der Waals surface area contributed by atoms with E-state index in [-0.39, 0.29) is 28.9 Å². The van der Waals surface area contributed by atoms with Gasteiger partial charge in [0.2, 0.25) is 0 Å². The Bertz CT molecular complexity index is 338. The van der Waals surface area contributed by atoms with E-state index in [9.17, 15) is 4.79 Å². The van der Waals surface area contributed by atoms with Crippen molar-refractivity contribution in [2.24, 2.45) is 23.7 Å². The second-order valence-corrected chi connectivity index (χ2v) is 5.56. The van der Waals surface area contributed by atoms with Gasteiger partial charge in [0.25, 0.3) is 0 Å². The van der Waals surface area contributed by atoms with E-state index in [1.54, 1.807) is 0 Å². The number of hydrogen-bond acceptors (Lipinski definition) is 2. The van der Waals surface area contributed by atoms with Crippen LogP contribution in [0, 0.1) is 23.7 Å². The molecule has 2 saturated heterocycles. The molecule has 2 saturated carbocycles. The number of rotatable bonds is 0. The summed E-state index contributed by atoms with van der Waals surface area (Å²) in [5.74, 6) is 1.66. The lowest BCUT2D eigenvalue weighted by Gasteiger charge is -2.33. The summed E-state index contributed by atoms with van der Waals surface area (Å²) in [6, 6.07) is 0. The van der Waals surface area contributed by atoms with E-state index in [4.69, 9.17) is 4.74 Å². The highest BCUT2D eigenvalue weighted by atomic mass is 79.9. The van der Waals surface area contributed by atoms with Crippen LogP contribution in [-0.2, 0) is 9.53 Å². The Morgan fingerprint density at radius 2 is 1.85 bits per heavy atom. The number of alkyl halides is 1. The maximum Gasteiger partial charge on any atom is 0.144 e. The monoisotopic (exact) mass is 240 g/mol. The largest absolute Gasteiger partial charge is 0.372 e. The first-order chi connectivity index (χ1) is 6.29. The minimum Gasteiger partial charge on any atom is -0.372 e. The molecule has 3 aliphatic carbocycles. The molecule has 0 spiro atoms. The molecule has 0 N–H and O–H groups in total. The number of ketones is 1. The summed E-state index contributed by atoms with van der Waals surface area (Å²) in [6.07, 6.45) is 4.87. The first-order valence-corrected chi connectivity index (χ1v) is 5.72. The second kappa shape index (κ2) is 1.94. The highest BCUT2D eigenvalue weighted by Crippen LogP contribution is 2.60. The third-order valence-electron chi connectivity index (χ3n) is 4.13. The molecule has 6 bridgehead atoms. The van der Waals surface area contributed by atoms with Crippen LogP contribution in [0.25, 0.3) is 0 Å². The van der Waals surface area contributed by atoms with Gasteiger partial charge >= 0.3 is 0 Å². The van der Waals surface area contributed by atoms with Gasteiger partial charge in [-0.2, -0.15) is 0 Å². The summed E-state index contributed by atoms with van der Waals surface area (Å²) >= 11 is 3.61. The zero-order valence-corrected chi connectivity index (χ0v) is 8.48. The number of Topliss-reactive ketones (excluding diaryl/α,β-unsaturated/α-hetero) is 1. The van der Waals surface area contributed by atoms with Crippen molar-refractivity contribution < 1.29 is 9.53 Å². The molecule has 0 aromatic heterocycles. The molecule has 13 heavy (non-hydrogen) atoms. The van der Waals surface area contributed by atoms with Crippen LogP contribution < -0.4 is 0 Å². The topological polar surface area (TPSA) is 26.3 Å². The van der Waals surface area contributed by atoms with Gasteiger partial charge in [-0.15, -0.1) is 0 Å². The molecule has 7 atom stereocenters. The van der Waals surface area contributed by atoms with Gasteiger partial charge in [-0.25, -0.2) is 0 Å². The van der Waals surface area contributed by atoms with E-state index < -0.39 is 0 Å². The van der Waals surface area contributed by atoms with Crippen LogP contribution in [0.2, 0.25) is 0 Å². The highest BCUT2D eigenvalue weighted by molar-refractivity contribution is 9.09. The molecule has 2 heterocycles. The quantitative estimate of drug-likeness (QED) is 0.469. The van der Waals surface area contributed by atoms with Gasteiger partial charge in [0, 0.05) is 17.8 Å². The molecule has 0 amide bonds. The summed E-state index contributed by atoms with van der Waals surface area (Å²) in [7, 11) is 0. The fourth-order valence-corrected chi connectivity index (χ4v) is 4.70. The summed E-state index contributed by atoms with van der Waals surface area (Å²) in [5, 5.41) is 0. The zero-order valence-electron chi connectivity index (χ0n) is 6.89. The normalized spacial score (nSPS) is 65.6. The molecule has 0 aromatic carbocycles. The Hall–Kier alpha value is -0.150. The standard InChI is InChI=1S/C10H9BrO2/c11-7-6-8(12)5-3-1-2-4(5)10(7)13-9(3)6/h1-7,9-10H. The first-order valence-electron chi connectivity index (χ1n) is 4.80. The molecular formula is C10H9BrO2. The number of halogens is 1. The predicted molar refractivity (Wildman–Crippen MR) is 49.5 cm³/mol. The SMILES string of the molecule is O=C1C2C3C=CC2C2OC3C(Br)C12. The molecule has 5 rings (SSSR count). The van der Waals surface area contributed by atoms with Crippen LogP contribution in [0.15, 0.2) is 12.2 Å². The molecule has 7 unspecified atom stereocenters. The Kier molecular flexibility index (Phi) is 1.07. The van der Waals surface area contributed by atoms with Gasteiger partial charge < -0.3 is 4.74 Å².